The molecule has 104 valence electrons. The summed E-state index contributed by atoms with van der Waals surface area (Å²) >= 11 is 3.43. The molecule has 0 bridgehead atoms. The highest BCUT2D eigenvalue weighted by Crippen LogP contribution is 2.31. The second kappa shape index (κ2) is 6.75. The molecule has 0 radical (unpaired) electrons. The first-order valence-electron chi connectivity index (χ1n) is 6.12. The van der Waals surface area contributed by atoms with E-state index in [4.69, 9.17) is 9.84 Å². The molecular formula is C15H19BrO3. The molecule has 4 heteroatoms. The average Bonchev–Trinajstić information content (AvgIpc) is 2.27. The number of ether oxygens (including phenoxy) is 1. The summed E-state index contributed by atoms with van der Waals surface area (Å²) in [5.41, 5.74) is 0.962. The van der Waals surface area contributed by atoms with Gasteiger partial charge < -0.3 is 9.84 Å². The normalized spacial score (nSPS) is 11.8. The van der Waals surface area contributed by atoms with Crippen molar-refractivity contribution >= 4 is 28.0 Å². The van der Waals surface area contributed by atoms with E-state index < -0.39 is 5.97 Å². The van der Waals surface area contributed by atoms with Gasteiger partial charge in [-0.2, -0.15) is 0 Å². The molecule has 0 aromatic heterocycles. The van der Waals surface area contributed by atoms with Gasteiger partial charge in [0.2, 0.25) is 0 Å². The molecule has 0 aliphatic rings. The molecule has 0 heterocycles. The number of hydrogen-bond donors (Lipinski definition) is 1. The largest absolute Gasteiger partial charge is 0.492 e. The molecule has 0 atom stereocenters. The van der Waals surface area contributed by atoms with Crippen molar-refractivity contribution < 1.29 is 14.6 Å². The van der Waals surface area contributed by atoms with Gasteiger partial charge in [0.15, 0.2) is 0 Å². The van der Waals surface area contributed by atoms with Crippen LogP contribution in [0.3, 0.4) is 0 Å². The van der Waals surface area contributed by atoms with Crippen LogP contribution < -0.4 is 4.74 Å². The van der Waals surface area contributed by atoms with Crippen molar-refractivity contribution in [2.75, 3.05) is 6.61 Å². The highest BCUT2D eigenvalue weighted by Gasteiger charge is 2.12. The molecule has 1 rings (SSSR count). The Morgan fingerprint density at radius 1 is 1.42 bits per heavy atom. The molecule has 19 heavy (non-hydrogen) atoms. The summed E-state index contributed by atoms with van der Waals surface area (Å²) in [5, 5.41) is 8.68. The zero-order chi connectivity index (χ0) is 14.5. The van der Waals surface area contributed by atoms with Crippen LogP contribution in [0, 0.1) is 5.41 Å². The lowest BCUT2D eigenvalue weighted by molar-refractivity contribution is -0.131. The van der Waals surface area contributed by atoms with E-state index in [0.29, 0.717) is 12.4 Å². The van der Waals surface area contributed by atoms with E-state index >= 15 is 0 Å². The lowest BCUT2D eigenvalue weighted by Crippen LogP contribution is -2.11. The molecule has 1 aromatic rings. The van der Waals surface area contributed by atoms with Crippen LogP contribution in [0.15, 0.2) is 28.7 Å². The van der Waals surface area contributed by atoms with Crippen molar-refractivity contribution in [2.45, 2.75) is 27.2 Å². The van der Waals surface area contributed by atoms with E-state index in [1.54, 1.807) is 6.08 Å². The van der Waals surface area contributed by atoms with Crippen molar-refractivity contribution in [3.8, 4) is 5.75 Å². The van der Waals surface area contributed by atoms with Crippen LogP contribution in [0.5, 0.6) is 5.75 Å². The Hall–Kier alpha value is -1.29. The van der Waals surface area contributed by atoms with Gasteiger partial charge in [-0.05, 0) is 39.9 Å². The number of aliphatic carboxylic acids is 1. The maximum Gasteiger partial charge on any atom is 0.328 e. The van der Waals surface area contributed by atoms with E-state index in [9.17, 15) is 4.79 Å². The van der Waals surface area contributed by atoms with Crippen LogP contribution in [-0.4, -0.2) is 17.7 Å². The first-order valence-corrected chi connectivity index (χ1v) is 6.91. The maximum absolute atomic E-state index is 10.6. The molecule has 0 saturated carbocycles. The molecule has 0 saturated heterocycles. The zero-order valence-electron chi connectivity index (χ0n) is 11.4. The molecule has 0 fully saturated rings. The minimum atomic E-state index is -0.972. The SMILES string of the molecule is CC(C)(C)CCOc1c(Br)cccc1C=CC(=O)O. The van der Waals surface area contributed by atoms with Crippen LogP contribution in [-0.2, 0) is 4.79 Å². The topological polar surface area (TPSA) is 46.5 Å². The van der Waals surface area contributed by atoms with E-state index in [0.717, 1.165) is 22.5 Å². The number of rotatable bonds is 5. The predicted octanol–water partition coefficient (Wildman–Crippen LogP) is 4.36. The fourth-order valence-corrected chi connectivity index (χ4v) is 1.93. The summed E-state index contributed by atoms with van der Waals surface area (Å²) in [5.74, 6) is -0.287. The summed E-state index contributed by atoms with van der Waals surface area (Å²) in [7, 11) is 0. The van der Waals surface area contributed by atoms with Gasteiger partial charge in [0.1, 0.15) is 5.75 Å². The third kappa shape index (κ3) is 5.92. The molecule has 0 aliphatic carbocycles. The van der Waals surface area contributed by atoms with Gasteiger partial charge in [-0.3, -0.25) is 0 Å². The number of halogens is 1. The number of benzene rings is 1. The first kappa shape index (κ1) is 15.8. The quantitative estimate of drug-likeness (QED) is 0.817. The summed E-state index contributed by atoms with van der Waals surface area (Å²) in [6.45, 7) is 7.06. The Bertz CT molecular complexity index is 473. The van der Waals surface area contributed by atoms with Crippen molar-refractivity contribution in [3.05, 3.63) is 34.3 Å². The van der Waals surface area contributed by atoms with Gasteiger partial charge in [-0.15, -0.1) is 0 Å². The smallest absolute Gasteiger partial charge is 0.328 e. The number of carbonyl (C=O) groups is 1. The van der Waals surface area contributed by atoms with Gasteiger partial charge >= 0.3 is 5.97 Å². The van der Waals surface area contributed by atoms with Crippen LogP contribution in [0.2, 0.25) is 0 Å². The zero-order valence-corrected chi connectivity index (χ0v) is 13.0. The first-order chi connectivity index (χ1) is 8.79. The van der Waals surface area contributed by atoms with E-state index in [2.05, 4.69) is 36.7 Å². The van der Waals surface area contributed by atoms with E-state index in [1.165, 1.54) is 0 Å². The number of carboxylic acid groups (broad SMARTS) is 1. The molecule has 0 unspecified atom stereocenters. The molecule has 0 aliphatic heterocycles. The predicted molar refractivity (Wildman–Crippen MR) is 80.4 cm³/mol. The average molecular weight is 327 g/mol. The van der Waals surface area contributed by atoms with E-state index in [1.807, 2.05) is 18.2 Å². The van der Waals surface area contributed by atoms with Crippen LogP contribution in [0.25, 0.3) is 6.08 Å². The van der Waals surface area contributed by atoms with Crippen molar-refractivity contribution in [1.82, 2.24) is 0 Å². The lowest BCUT2D eigenvalue weighted by atomic mass is 9.93. The fraction of sp³-hybridized carbons (Fsp3) is 0.400. The molecule has 0 spiro atoms. The number of carboxylic acids is 1. The Morgan fingerprint density at radius 2 is 2.11 bits per heavy atom. The Labute approximate surface area is 122 Å². The summed E-state index contributed by atoms with van der Waals surface area (Å²) in [4.78, 5) is 10.6. The van der Waals surface area contributed by atoms with Crippen LogP contribution in [0.4, 0.5) is 0 Å². The third-order valence-corrected chi connectivity index (χ3v) is 3.13. The summed E-state index contributed by atoms with van der Waals surface area (Å²) in [6, 6.07) is 5.56. The summed E-state index contributed by atoms with van der Waals surface area (Å²) < 4.78 is 6.61. The second-order valence-corrected chi connectivity index (χ2v) is 6.34. The minimum Gasteiger partial charge on any atom is -0.492 e. The molecule has 1 aromatic carbocycles. The minimum absolute atomic E-state index is 0.207. The maximum atomic E-state index is 10.6. The van der Waals surface area contributed by atoms with Crippen LogP contribution >= 0.6 is 15.9 Å². The van der Waals surface area contributed by atoms with Crippen molar-refractivity contribution in [1.29, 1.82) is 0 Å². The molecule has 1 N–H and O–H groups in total. The Kier molecular flexibility index (Phi) is 5.60. The number of hydrogen-bond acceptors (Lipinski definition) is 2. The van der Waals surface area contributed by atoms with Crippen molar-refractivity contribution in [2.24, 2.45) is 5.41 Å². The van der Waals surface area contributed by atoms with Gasteiger partial charge in [-0.25, -0.2) is 4.79 Å². The number of para-hydroxylation sites is 1. The third-order valence-electron chi connectivity index (χ3n) is 2.50. The van der Waals surface area contributed by atoms with Gasteiger partial charge in [0.05, 0.1) is 11.1 Å². The molecule has 0 amide bonds. The molecular weight excluding hydrogens is 308 g/mol. The van der Waals surface area contributed by atoms with Gasteiger partial charge in [0, 0.05) is 11.6 Å². The Morgan fingerprint density at radius 3 is 2.68 bits per heavy atom. The Balaban J connectivity index is 2.83. The monoisotopic (exact) mass is 326 g/mol. The second-order valence-electron chi connectivity index (χ2n) is 5.49. The van der Waals surface area contributed by atoms with E-state index in [-0.39, 0.29) is 5.41 Å². The van der Waals surface area contributed by atoms with Crippen molar-refractivity contribution in [3.63, 3.8) is 0 Å². The standard InChI is InChI=1S/C15H19BrO3/c1-15(2,3)9-10-19-14-11(7-8-13(17)18)5-4-6-12(14)16/h4-8H,9-10H2,1-3H3,(H,17,18). The summed E-state index contributed by atoms with van der Waals surface area (Å²) in [6.07, 6.45) is 3.58. The van der Waals surface area contributed by atoms with Gasteiger partial charge in [-0.1, -0.05) is 32.9 Å². The molecule has 3 nitrogen and oxygen atoms in total. The lowest BCUT2D eigenvalue weighted by Gasteiger charge is -2.19. The van der Waals surface area contributed by atoms with Crippen LogP contribution in [0.1, 0.15) is 32.8 Å². The highest BCUT2D eigenvalue weighted by atomic mass is 79.9. The van der Waals surface area contributed by atoms with Gasteiger partial charge in [0.25, 0.3) is 0 Å². The fourth-order valence-electron chi connectivity index (χ4n) is 1.43. The highest BCUT2D eigenvalue weighted by molar-refractivity contribution is 9.10.